The minimum Gasteiger partial charge on any atom is -0.389 e. The van der Waals surface area contributed by atoms with Crippen LogP contribution in [0.1, 0.15) is 38.6 Å². The number of nitrogens with one attached hydrogen (secondary N) is 1. The Balaban J connectivity index is 2.44. The first kappa shape index (κ1) is 12.7. The van der Waals surface area contributed by atoms with E-state index >= 15 is 0 Å². The van der Waals surface area contributed by atoms with E-state index < -0.39 is 5.60 Å². The number of hydrogen-bond donors (Lipinski definition) is 2. The van der Waals surface area contributed by atoms with Crippen LogP contribution < -0.4 is 5.32 Å². The Hall–Kier alpha value is -0.380. The van der Waals surface area contributed by atoms with Crippen molar-refractivity contribution < 1.29 is 5.11 Å². The van der Waals surface area contributed by atoms with E-state index in [1.54, 1.807) is 11.3 Å². The molecule has 1 rings (SSSR count). The van der Waals surface area contributed by atoms with Crippen molar-refractivity contribution in [3.05, 3.63) is 22.4 Å². The first-order valence-corrected chi connectivity index (χ1v) is 6.30. The topological polar surface area (TPSA) is 32.3 Å². The number of hydrogen-bond acceptors (Lipinski definition) is 3. The lowest BCUT2D eigenvalue weighted by Crippen LogP contribution is -2.42. The summed E-state index contributed by atoms with van der Waals surface area (Å²) in [6.45, 7) is 8.72. The number of aliphatic hydroxyl groups is 1. The minimum absolute atomic E-state index is 0.264. The van der Waals surface area contributed by atoms with E-state index in [1.165, 1.54) is 4.88 Å². The first-order chi connectivity index (χ1) is 6.93. The molecule has 1 aromatic heterocycles. The molecule has 2 nitrogen and oxygen atoms in total. The molecule has 3 heteroatoms. The fraction of sp³-hybridized carbons (Fsp3) is 0.667. The zero-order valence-electron chi connectivity index (χ0n) is 9.95. The molecule has 0 aromatic carbocycles. The zero-order valence-corrected chi connectivity index (χ0v) is 10.8. The zero-order chi connectivity index (χ0) is 11.5. The molecule has 0 amide bonds. The van der Waals surface area contributed by atoms with E-state index in [-0.39, 0.29) is 5.92 Å². The minimum atomic E-state index is -0.633. The van der Waals surface area contributed by atoms with Crippen molar-refractivity contribution in [2.45, 2.75) is 39.3 Å². The molecule has 1 heterocycles. The summed E-state index contributed by atoms with van der Waals surface area (Å²) >= 11 is 1.75. The summed E-state index contributed by atoms with van der Waals surface area (Å²) in [6.07, 6.45) is 0. The lowest BCUT2D eigenvalue weighted by molar-refractivity contribution is 0.0123. The van der Waals surface area contributed by atoms with Gasteiger partial charge in [0.05, 0.1) is 5.60 Å². The van der Waals surface area contributed by atoms with Crippen LogP contribution in [-0.4, -0.2) is 17.3 Å². The Morgan fingerprint density at radius 1 is 1.47 bits per heavy atom. The molecular formula is C12H21NOS. The van der Waals surface area contributed by atoms with Gasteiger partial charge in [-0.05, 0) is 31.2 Å². The Kier molecular flexibility index (Phi) is 4.32. The van der Waals surface area contributed by atoms with Gasteiger partial charge in [0, 0.05) is 17.5 Å². The molecule has 0 saturated heterocycles. The van der Waals surface area contributed by atoms with E-state index in [2.05, 4.69) is 29.8 Å². The molecule has 2 atom stereocenters. The normalized spacial score (nSPS) is 17.7. The quantitative estimate of drug-likeness (QED) is 0.810. The third-order valence-corrected chi connectivity index (χ3v) is 4.03. The molecule has 15 heavy (non-hydrogen) atoms. The molecule has 86 valence electrons. The summed E-state index contributed by atoms with van der Waals surface area (Å²) in [6, 6.07) is 4.49. The van der Waals surface area contributed by atoms with Crippen molar-refractivity contribution in [3.63, 3.8) is 0 Å². The highest BCUT2D eigenvalue weighted by Gasteiger charge is 2.25. The Morgan fingerprint density at radius 2 is 2.13 bits per heavy atom. The molecular weight excluding hydrogens is 206 g/mol. The van der Waals surface area contributed by atoms with Gasteiger partial charge in [-0.1, -0.05) is 19.9 Å². The van der Waals surface area contributed by atoms with E-state index in [0.717, 1.165) is 0 Å². The van der Waals surface area contributed by atoms with Crippen LogP contribution in [0.2, 0.25) is 0 Å². The maximum absolute atomic E-state index is 10.1. The standard InChI is InChI=1S/C12H21NOS/c1-9(2)12(4,14)8-13-10(3)11-6-5-7-15-11/h5-7,9-10,13-14H,8H2,1-4H3/t10-,12?/m1/s1. The van der Waals surface area contributed by atoms with Gasteiger partial charge in [0.1, 0.15) is 0 Å². The molecule has 0 fully saturated rings. The molecule has 2 N–H and O–H groups in total. The fourth-order valence-electron chi connectivity index (χ4n) is 1.20. The summed E-state index contributed by atoms with van der Waals surface area (Å²) in [7, 11) is 0. The average Bonchev–Trinajstić information content (AvgIpc) is 2.66. The molecule has 1 aromatic rings. The second kappa shape index (κ2) is 5.10. The predicted octanol–water partition coefficient (Wildman–Crippen LogP) is 2.81. The van der Waals surface area contributed by atoms with Crippen LogP contribution in [0.3, 0.4) is 0 Å². The van der Waals surface area contributed by atoms with Crippen LogP contribution in [0, 0.1) is 5.92 Å². The lowest BCUT2D eigenvalue weighted by atomic mass is 9.92. The van der Waals surface area contributed by atoms with Gasteiger partial charge in [0.2, 0.25) is 0 Å². The van der Waals surface area contributed by atoms with Gasteiger partial charge < -0.3 is 10.4 Å². The van der Waals surface area contributed by atoms with Crippen LogP contribution in [0.15, 0.2) is 17.5 Å². The first-order valence-electron chi connectivity index (χ1n) is 5.42. The van der Waals surface area contributed by atoms with Crippen LogP contribution >= 0.6 is 11.3 Å². The van der Waals surface area contributed by atoms with Gasteiger partial charge in [0.15, 0.2) is 0 Å². The van der Waals surface area contributed by atoms with Gasteiger partial charge in [-0.25, -0.2) is 0 Å². The monoisotopic (exact) mass is 227 g/mol. The van der Waals surface area contributed by atoms with E-state index in [4.69, 9.17) is 0 Å². The summed E-state index contributed by atoms with van der Waals surface area (Å²) in [5.74, 6) is 0.264. The largest absolute Gasteiger partial charge is 0.389 e. The van der Waals surface area contributed by atoms with E-state index in [9.17, 15) is 5.11 Å². The lowest BCUT2D eigenvalue weighted by Gasteiger charge is -2.29. The molecule has 0 radical (unpaired) electrons. The number of rotatable bonds is 5. The molecule has 1 unspecified atom stereocenters. The Bertz CT molecular complexity index is 280. The highest BCUT2D eigenvalue weighted by atomic mass is 32.1. The third-order valence-electron chi connectivity index (χ3n) is 2.98. The Labute approximate surface area is 96.3 Å². The van der Waals surface area contributed by atoms with E-state index in [1.807, 2.05) is 20.8 Å². The van der Waals surface area contributed by atoms with Crippen molar-refractivity contribution in [3.8, 4) is 0 Å². The summed E-state index contributed by atoms with van der Waals surface area (Å²) < 4.78 is 0. The molecule has 0 aliphatic heterocycles. The van der Waals surface area contributed by atoms with Gasteiger partial charge in [-0.15, -0.1) is 11.3 Å². The molecule has 0 saturated carbocycles. The summed E-state index contributed by atoms with van der Waals surface area (Å²) in [5, 5.41) is 15.5. The van der Waals surface area contributed by atoms with Crippen molar-refractivity contribution in [2.75, 3.05) is 6.54 Å². The molecule has 0 aliphatic rings. The second-order valence-electron chi connectivity index (χ2n) is 4.63. The van der Waals surface area contributed by atoms with Crippen molar-refractivity contribution in [2.24, 2.45) is 5.92 Å². The van der Waals surface area contributed by atoms with Crippen molar-refractivity contribution in [1.82, 2.24) is 5.32 Å². The van der Waals surface area contributed by atoms with Gasteiger partial charge in [0.25, 0.3) is 0 Å². The molecule has 0 aliphatic carbocycles. The Morgan fingerprint density at radius 3 is 2.60 bits per heavy atom. The molecule has 0 bridgehead atoms. The van der Waals surface area contributed by atoms with Crippen LogP contribution in [-0.2, 0) is 0 Å². The molecule has 0 spiro atoms. The summed E-state index contributed by atoms with van der Waals surface area (Å²) in [5.41, 5.74) is -0.633. The smallest absolute Gasteiger partial charge is 0.0766 e. The van der Waals surface area contributed by atoms with E-state index in [0.29, 0.717) is 12.6 Å². The fourth-order valence-corrected chi connectivity index (χ4v) is 1.96. The predicted molar refractivity (Wildman–Crippen MR) is 66.2 cm³/mol. The van der Waals surface area contributed by atoms with Gasteiger partial charge >= 0.3 is 0 Å². The van der Waals surface area contributed by atoms with Crippen LogP contribution in [0.25, 0.3) is 0 Å². The van der Waals surface area contributed by atoms with Crippen molar-refractivity contribution >= 4 is 11.3 Å². The number of thiophene rings is 1. The summed E-state index contributed by atoms with van der Waals surface area (Å²) in [4.78, 5) is 1.31. The SMILES string of the molecule is CC(C)C(C)(O)CN[C@H](C)c1cccs1. The highest BCUT2D eigenvalue weighted by molar-refractivity contribution is 7.10. The maximum Gasteiger partial charge on any atom is 0.0766 e. The van der Waals surface area contributed by atoms with Gasteiger partial charge in [-0.3, -0.25) is 0 Å². The maximum atomic E-state index is 10.1. The average molecular weight is 227 g/mol. The van der Waals surface area contributed by atoms with Crippen LogP contribution in [0.5, 0.6) is 0 Å². The highest BCUT2D eigenvalue weighted by Crippen LogP contribution is 2.20. The van der Waals surface area contributed by atoms with Crippen molar-refractivity contribution in [1.29, 1.82) is 0 Å². The van der Waals surface area contributed by atoms with Gasteiger partial charge in [-0.2, -0.15) is 0 Å². The third kappa shape index (κ3) is 3.59. The van der Waals surface area contributed by atoms with Crippen LogP contribution in [0.4, 0.5) is 0 Å². The second-order valence-corrected chi connectivity index (χ2v) is 5.61.